The number of ether oxygens (including phenoxy) is 6. The van der Waals surface area contributed by atoms with E-state index in [1.54, 1.807) is 0 Å². The van der Waals surface area contributed by atoms with E-state index in [0.717, 1.165) is 70.6 Å². The van der Waals surface area contributed by atoms with Gasteiger partial charge in [0.05, 0.1) is 39.3 Å². The zero-order chi connectivity index (χ0) is 52.6. The van der Waals surface area contributed by atoms with Crippen molar-refractivity contribution in [3.63, 3.8) is 0 Å². The molecule has 10 rings (SSSR count). The van der Waals surface area contributed by atoms with Gasteiger partial charge < -0.3 is 33.5 Å². The summed E-state index contributed by atoms with van der Waals surface area (Å²) in [6.45, 7) is 27.9. The average Bonchev–Trinajstić information content (AvgIpc) is 4.16. The molecule has 1 N–H and O–H groups in total. The molecule has 7 aliphatic carbocycles. The minimum absolute atomic E-state index is 0.00525. The number of aliphatic hydroxyl groups is 1. The molecular formula is C59H98O12. The molecule has 0 aromatic rings. The van der Waals surface area contributed by atoms with Gasteiger partial charge in [-0.3, -0.25) is 24.0 Å². The van der Waals surface area contributed by atoms with E-state index < -0.39 is 28.6 Å². The first-order valence-corrected chi connectivity index (χ1v) is 28.5. The van der Waals surface area contributed by atoms with E-state index in [1.807, 2.05) is 76.2 Å². The van der Waals surface area contributed by atoms with Crippen molar-refractivity contribution in [3.8, 4) is 0 Å². The number of carbonyl (C=O) groups excluding carboxylic acids is 5. The van der Waals surface area contributed by atoms with Crippen molar-refractivity contribution in [2.45, 2.75) is 298 Å². The molecule has 8 unspecified atom stereocenters. The van der Waals surface area contributed by atoms with Gasteiger partial charge >= 0.3 is 29.8 Å². The van der Waals surface area contributed by atoms with Crippen LogP contribution in [-0.2, 0) is 52.4 Å². The van der Waals surface area contributed by atoms with E-state index in [1.165, 1.54) is 64.2 Å². The minimum atomic E-state index is -0.555. The highest BCUT2D eigenvalue weighted by Crippen LogP contribution is 2.60. The lowest BCUT2D eigenvalue weighted by Gasteiger charge is -2.59. The lowest BCUT2D eigenvalue weighted by molar-refractivity contribution is -0.225. The Morgan fingerprint density at radius 3 is 1.52 bits per heavy atom. The molecule has 10 aliphatic rings. The molecule has 12 nitrogen and oxygen atoms in total. The molecule has 0 radical (unpaired) electrons. The molecule has 0 aromatic carbocycles. The second kappa shape index (κ2) is 21.5. The quantitative estimate of drug-likeness (QED) is 0.138. The van der Waals surface area contributed by atoms with Crippen LogP contribution in [-0.4, -0.2) is 81.8 Å². The third-order valence-corrected chi connectivity index (χ3v) is 20.1. The highest BCUT2D eigenvalue weighted by Gasteiger charge is 2.65. The number of carbonyl (C=O) groups is 5. The molecule has 12 heteroatoms. The Morgan fingerprint density at radius 1 is 0.592 bits per heavy atom. The summed E-state index contributed by atoms with van der Waals surface area (Å²) in [6, 6.07) is 0. The predicted octanol–water partition coefficient (Wildman–Crippen LogP) is 12.6. The van der Waals surface area contributed by atoms with Crippen molar-refractivity contribution in [3.05, 3.63) is 0 Å². The van der Waals surface area contributed by atoms with E-state index in [2.05, 4.69) is 20.8 Å². The van der Waals surface area contributed by atoms with Crippen molar-refractivity contribution < 1.29 is 57.5 Å². The highest BCUT2D eigenvalue weighted by atomic mass is 16.7. The lowest BCUT2D eigenvalue weighted by atomic mass is 9.52. The first-order chi connectivity index (χ1) is 33.0. The Hall–Kier alpha value is -2.73. The zero-order valence-electron chi connectivity index (χ0n) is 46.9. The van der Waals surface area contributed by atoms with Crippen molar-refractivity contribution in [1.82, 2.24) is 0 Å². The van der Waals surface area contributed by atoms with Crippen LogP contribution in [0.25, 0.3) is 0 Å². The van der Waals surface area contributed by atoms with Gasteiger partial charge in [0, 0.05) is 11.8 Å². The maximum atomic E-state index is 12.5. The maximum absolute atomic E-state index is 12.5. The molecule has 3 heterocycles. The van der Waals surface area contributed by atoms with Crippen LogP contribution in [0.15, 0.2) is 0 Å². The number of esters is 5. The van der Waals surface area contributed by atoms with Crippen LogP contribution in [0.4, 0.5) is 0 Å². The third-order valence-electron chi connectivity index (χ3n) is 20.1. The highest BCUT2D eigenvalue weighted by molar-refractivity contribution is 5.79. The standard InChI is InChI=1S/C17H30O2.C16H26O3.C13H18O5.C13H24O2/c1-5-15(2,3)14(18)19-16(4)10-6-7-11-17(16)12-8-9-13-17;1-4-14(2,3)13(17)19-16-8-11-5-12(9-16)7-15(18,6-11)10-16;1-4-13(2,3)12(15)18-9-7-5-6-8(16-7)10(9)17-11(6)14;1-5-12(3,4)11(14)15-13(6-2)9-7-8-10-13/h5-13H2,1-4H3;11-12,18H,4-10H2,1-3H3;6-10H,4-5H2,1-3H3;5-10H2,1-4H3. The van der Waals surface area contributed by atoms with Gasteiger partial charge in [0.25, 0.3) is 0 Å². The van der Waals surface area contributed by atoms with Crippen molar-refractivity contribution in [1.29, 1.82) is 0 Å². The third kappa shape index (κ3) is 12.2. The monoisotopic (exact) mass is 999 g/mol. The van der Waals surface area contributed by atoms with Crippen LogP contribution in [0.1, 0.15) is 251 Å². The summed E-state index contributed by atoms with van der Waals surface area (Å²) in [4.78, 5) is 60.5. The van der Waals surface area contributed by atoms with E-state index in [0.29, 0.717) is 31.1 Å². The Balaban J connectivity index is 0.000000156. The molecule has 10 fully saturated rings. The van der Waals surface area contributed by atoms with E-state index >= 15 is 0 Å². The molecule has 406 valence electrons. The van der Waals surface area contributed by atoms with Crippen LogP contribution in [0.5, 0.6) is 0 Å². The summed E-state index contributed by atoms with van der Waals surface area (Å²) in [5.41, 5.74) is -2.58. The Kier molecular flexibility index (Phi) is 17.4. The second-order valence-electron chi connectivity index (χ2n) is 26.9. The maximum Gasteiger partial charge on any atom is 0.312 e. The predicted molar refractivity (Wildman–Crippen MR) is 273 cm³/mol. The Morgan fingerprint density at radius 2 is 1.04 bits per heavy atom. The second-order valence-corrected chi connectivity index (χ2v) is 26.9. The van der Waals surface area contributed by atoms with Crippen LogP contribution in [0.2, 0.25) is 0 Å². The first-order valence-electron chi connectivity index (χ1n) is 28.5. The lowest BCUT2D eigenvalue weighted by Crippen LogP contribution is -2.61. The molecule has 3 aliphatic heterocycles. The fourth-order valence-electron chi connectivity index (χ4n) is 13.5. The number of hydrogen-bond acceptors (Lipinski definition) is 12. The summed E-state index contributed by atoms with van der Waals surface area (Å²) in [5, 5.41) is 10.6. The summed E-state index contributed by atoms with van der Waals surface area (Å²) >= 11 is 0. The SMILES string of the molecule is CCC(C)(C)C(=O)OC1(C)CCCCC12CCCC2.CCC(C)(C)C(=O)OC12CC3CC(CC(O)(C3)C1)C2.CCC(C)(C)C(=O)OC1C2CC3C(=O)OC1C3O2.CCC1(OC(=O)C(C)(C)CC)CCCC1. The summed E-state index contributed by atoms with van der Waals surface area (Å²) in [7, 11) is 0. The molecule has 1 spiro atoms. The van der Waals surface area contributed by atoms with Gasteiger partial charge in [-0.2, -0.15) is 0 Å². The largest absolute Gasteiger partial charge is 0.459 e. The van der Waals surface area contributed by atoms with Crippen molar-refractivity contribution >= 4 is 29.8 Å². The number of hydrogen-bond donors (Lipinski definition) is 1. The smallest absolute Gasteiger partial charge is 0.312 e. The van der Waals surface area contributed by atoms with Gasteiger partial charge in [-0.1, -0.05) is 53.9 Å². The summed E-state index contributed by atoms with van der Waals surface area (Å²) in [5.74, 6) is 0.424. The minimum Gasteiger partial charge on any atom is -0.459 e. The van der Waals surface area contributed by atoms with Gasteiger partial charge in [-0.05, 0) is 203 Å². The summed E-state index contributed by atoms with van der Waals surface area (Å²) in [6.07, 6.45) is 23.7. The van der Waals surface area contributed by atoms with Gasteiger partial charge in [-0.15, -0.1) is 0 Å². The van der Waals surface area contributed by atoms with Gasteiger partial charge in [0.1, 0.15) is 22.9 Å². The molecule has 7 saturated carbocycles. The van der Waals surface area contributed by atoms with E-state index in [9.17, 15) is 29.1 Å². The van der Waals surface area contributed by atoms with Gasteiger partial charge in [-0.25, -0.2) is 0 Å². The summed E-state index contributed by atoms with van der Waals surface area (Å²) < 4.78 is 34.3. The molecule has 3 saturated heterocycles. The molecule has 6 bridgehead atoms. The van der Waals surface area contributed by atoms with Crippen LogP contribution in [0.3, 0.4) is 0 Å². The van der Waals surface area contributed by atoms with Crippen molar-refractivity contribution in [2.24, 2.45) is 44.8 Å². The molecule has 0 amide bonds. The number of fused-ring (bicyclic) bond motifs is 1. The molecular weight excluding hydrogens is 901 g/mol. The van der Waals surface area contributed by atoms with Gasteiger partial charge in [0.15, 0.2) is 12.2 Å². The van der Waals surface area contributed by atoms with E-state index in [-0.39, 0.29) is 81.0 Å². The van der Waals surface area contributed by atoms with Crippen LogP contribution in [0, 0.1) is 44.8 Å². The molecule has 8 atom stereocenters. The van der Waals surface area contributed by atoms with Crippen LogP contribution < -0.4 is 0 Å². The molecule has 71 heavy (non-hydrogen) atoms. The fourth-order valence-corrected chi connectivity index (χ4v) is 13.5. The number of rotatable bonds is 13. The average molecular weight is 999 g/mol. The van der Waals surface area contributed by atoms with Gasteiger partial charge in [0.2, 0.25) is 0 Å². The van der Waals surface area contributed by atoms with Crippen molar-refractivity contribution in [2.75, 3.05) is 0 Å². The molecule has 0 aromatic heterocycles. The topological polar surface area (TPSA) is 161 Å². The Bertz CT molecular complexity index is 1890. The Labute approximate surface area is 428 Å². The zero-order valence-corrected chi connectivity index (χ0v) is 46.9. The normalized spacial score (nSPS) is 34.7. The fraction of sp³-hybridized carbons (Fsp3) is 0.915. The van der Waals surface area contributed by atoms with E-state index in [4.69, 9.17) is 28.4 Å². The first kappa shape index (κ1) is 57.5. The van der Waals surface area contributed by atoms with Crippen LogP contribution >= 0.6 is 0 Å².